The van der Waals surface area contributed by atoms with Gasteiger partial charge in [0.25, 0.3) is 0 Å². The molecule has 0 fully saturated rings. The van der Waals surface area contributed by atoms with Crippen molar-refractivity contribution in [1.82, 2.24) is 4.98 Å². The van der Waals surface area contributed by atoms with Crippen LogP contribution in [0.15, 0.2) is 28.2 Å². The van der Waals surface area contributed by atoms with Gasteiger partial charge in [-0.15, -0.1) is 0 Å². The molecule has 106 valence electrons. The molecule has 3 rings (SSSR count). The third-order valence-electron chi connectivity index (χ3n) is 3.55. The third-order valence-corrected chi connectivity index (χ3v) is 3.55. The van der Waals surface area contributed by atoms with Gasteiger partial charge in [0.15, 0.2) is 0 Å². The van der Waals surface area contributed by atoms with E-state index in [0.29, 0.717) is 25.0 Å². The Labute approximate surface area is 118 Å². The SMILES string of the molecule is CC[C@@H]1COC(c2cccc(C3=N[C@@H](CC)CO3)n2)=N1. The predicted octanol–water partition coefficient (Wildman–Crippen LogP) is 2.19. The molecule has 0 spiro atoms. The number of hydrogen-bond acceptors (Lipinski definition) is 5. The standard InChI is InChI=1S/C15H19N3O2/c1-3-10-8-19-14(16-10)12-6-5-7-13(18-12)15-17-11(4-2)9-20-15/h5-7,10-11H,3-4,8-9H2,1-2H3/t10-,11+. The van der Waals surface area contributed by atoms with E-state index in [9.17, 15) is 0 Å². The Balaban J connectivity index is 1.84. The van der Waals surface area contributed by atoms with Crippen molar-refractivity contribution in [2.75, 3.05) is 13.2 Å². The van der Waals surface area contributed by atoms with Crippen molar-refractivity contribution in [3.63, 3.8) is 0 Å². The van der Waals surface area contributed by atoms with E-state index in [1.54, 1.807) is 0 Å². The summed E-state index contributed by atoms with van der Waals surface area (Å²) in [6.07, 6.45) is 1.97. The Morgan fingerprint density at radius 1 is 0.950 bits per heavy atom. The summed E-state index contributed by atoms with van der Waals surface area (Å²) in [6, 6.07) is 6.26. The number of hydrogen-bond donors (Lipinski definition) is 0. The summed E-state index contributed by atoms with van der Waals surface area (Å²) in [7, 11) is 0. The van der Waals surface area contributed by atoms with Crippen LogP contribution < -0.4 is 0 Å². The Kier molecular flexibility index (Phi) is 3.67. The molecule has 0 aliphatic carbocycles. The molecule has 20 heavy (non-hydrogen) atoms. The van der Waals surface area contributed by atoms with Gasteiger partial charge in [-0.05, 0) is 25.0 Å². The van der Waals surface area contributed by atoms with Crippen molar-refractivity contribution < 1.29 is 9.47 Å². The van der Waals surface area contributed by atoms with Crippen molar-refractivity contribution in [3.8, 4) is 0 Å². The third kappa shape index (κ3) is 2.53. The molecule has 5 heteroatoms. The molecule has 0 unspecified atom stereocenters. The lowest BCUT2D eigenvalue weighted by molar-refractivity contribution is 0.313. The number of ether oxygens (including phenoxy) is 2. The highest BCUT2D eigenvalue weighted by atomic mass is 16.5. The zero-order valence-electron chi connectivity index (χ0n) is 11.9. The molecule has 5 nitrogen and oxygen atoms in total. The lowest BCUT2D eigenvalue weighted by Gasteiger charge is -2.04. The second-order valence-electron chi connectivity index (χ2n) is 5.02. The minimum Gasteiger partial charge on any atom is -0.474 e. The summed E-state index contributed by atoms with van der Waals surface area (Å²) in [6.45, 7) is 5.51. The number of aromatic nitrogens is 1. The lowest BCUT2D eigenvalue weighted by Crippen LogP contribution is -2.10. The van der Waals surface area contributed by atoms with Gasteiger partial charge in [-0.3, -0.25) is 0 Å². The molecule has 0 saturated heterocycles. The molecule has 2 aliphatic rings. The molecule has 2 atom stereocenters. The first-order valence-corrected chi connectivity index (χ1v) is 7.19. The summed E-state index contributed by atoms with van der Waals surface area (Å²) in [5.74, 6) is 1.26. The first-order valence-electron chi connectivity index (χ1n) is 7.19. The van der Waals surface area contributed by atoms with Crippen LogP contribution in [-0.2, 0) is 9.47 Å². The van der Waals surface area contributed by atoms with Gasteiger partial charge in [-0.2, -0.15) is 0 Å². The summed E-state index contributed by atoms with van der Waals surface area (Å²) >= 11 is 0. The number of aliphatic imine (C=N–C) groups is 2. The molecule has 3 heterocycles. The smallest absolute Gasteiger partial charge is 0.235 e. The van der Waals surface area contributed by atoms with E-state index in [0.717, 1.165) is 24.2 Å². The lowest BCUT2D eigenvalue weighted by atomic mass is 10.2. The molecule has 0 aromatic carbocycles. The molecule has 0 amide bonds. The van der Waals surface area contributed by atoms with Crippen LogP contribution in [0.1, 0.15) is 38.1 Å². The van der Waals surface area contributed by atoms with Gasteiger partial charge in [0.05, 0.1) is 12.1 Å². The van der Waals surface area contributed by atoms with E-state index >= 15 is 0 Å². The van der Waals surface area contributed by atoms with Gasteiger partial charge < -0.3 is 9.47 Å². The maximum Gasteiger partial charge on any atom is 0.235 e. The Bertz CT molecular complexity index is 509. The van der Waals surface area contributed by atoms with E-state index in [1.165, 1.54) is 0 Å². The molecule has 1 aromatic heterocycles. The van der Waals surface area contributed by atoms with Crippen LogP contribution in [0.2, 0.25) is 0 Å². The maximum atomic E-state index is 5.61. The quantitative estimate of drug-likeness (QED) is 0.845. The van der Waals surface area contributed by atoms with E-state index in [-0.39, 0.29) is 12.1 Å². The van der Waals surface area contributed by atoms with Crippen LogP contribution in [0.25, 0.3) is 0 Å². The van der Waals surface area contributed by atoms with E-state index in [1.807, 2.05) is 18.2 Å². The fraction of sp³-hybridized carbons (Fsp3) is 0.533. The van der Waals surface area contributed by atoms with E-state index in [4.69, 9.17) is 9.47 Å². The van der Waals surface area contributed by atoms with E-state index < -0.39 is 0 Å². The highest BCUT2D eigenvalue weighted by molar-refractivity contribution is 5.97. The first-order chi connectivity index (χ1) is 9.80. The highest BCUT2D eigenvalue weighted by Gasteiger charge is 2.22. The van der Waals surface area contributed by atoms with Gasteiger partial charge in [0.1, 0.15) is 24.6 Å². The van der Waals surface area contributed by atoms with Crippen molar-refractivity contribution in [1.29, 1.82) is 0 Å². The highest BCUT2D eigenvalue weighted by Crippen LogP contribution is 2.16. The van der Waals surface area contributed by atoms with Crippen LogP contribution >= 0.6 is 0 Å². The van der Waals surface area contributed by atoms with Gasteiger partial charge >= 0.3 is 0 Å². The molecule has 0 radical (unpaired) electrons. The second-order valence-corrected chi connectivity index (χ2v) is 5.02. The van der Waals surface area contributed by atoms with Crippen LogP contribution in [-0.4, -0.2) is 42.1 Å². The summed E-state index contributed by atoms with van der Waals surface area (Å²) in [5, 5.41) is 0. The number of nitrogens with zero attached hydrogens (tertiary/aromatic N) is 3. The maximum absolute atomic E-state index is 5.61. The minimum atomic E-state index is 0.250. The van der Waals surface area contributed by atoms with Crippen molar-refractivity contribution in [2.24, 2.45) is 9.98 Å². The summed E-state index contributed by atoms with van der Waals surface area (Å²) in [5.41, 5.74) is 1.51. The fourth-order valence-electron chi connectivity index (χ4n) is 2.20. The summed E-state index contributed by atoms with van der Waals surface area (Å²) in [4.78, 5) is 13.6. The Morgan fingerprint density at radius 3 is 1.85 bits per heavy atom. The molecular weight excluding hydrogens is 254 g/mol. The molecule has 0 N–H and O–H groups in total. The Morgan fingerprint density at radius 2 is 1.45 bits per heavy atom. The molecule has 0 bridgehead atoms. The van der Waals surface area contributed by atoms with Gasteiger partial charge in [0, 0.05) is 0 Å². The van der Waals surface area contributed by atoms with Crippen molar-refractivity contribution in [2.45, 2.75) is 38.8 Å². The topological polar surface area (TPSA) is 56.1 Å². The molecule has 2 aliphatic heterocycles. The fourth-order valence-corrected chi connectivity index (χ4v) is 2.20. The first kappa shape index (κ1) is 13.1. The van der Waals surface area contributed by atoms with Crippen LogP contribution in [0.4, 0.5) is 0 Å². The predicted molar refractivity (Wildman–Crippen MR) is 77.4 cm³/mol. The normalized spacial score (nSPS) is 24.9. The van der Waals surface area contributed by atoms with Gasteiger partial charge in [-0.1, -0.05) is 19.9 Å². The van der Waals surface area contributed by atoms with Crippen LogP contribution in [0.3, 0.4) is 0 Å². The van der Waals surface area contributed by atoms with Crippen molar-refractivity contribution >= 4 is 11.8 Å². The van der Waals surface area contributed by atoms with Crippen LogP contribution in [0.5, 0.6) is 0 Å². The average Bonchev–Trinajstić information content (AvgIpc) is 3.16. The summed E-state index contributed by atoms with van der Waals surface area (Å²) < 4.78 is 11.2. The molecule has 0 saturated carbocycles. The largest absolute Gasteiger partial charge is 0.474 e. The van der Waals surface area contributed by atoms with Crippen molar-refractivity contribution in [3.05, 3.63) is 29.6 Å². The van der Waals surface area contributed by atoms with Crippen LogP contribution in [0, 0.1) is 0 Å². The average molecular weight is 273 g/mol. The monoisotopic (exact) mass is 273 g/mol. The minimum absolute atomic E-state index is 0.250. The molecular formula is C15H19N3O2. The second kappa shape index (κ2) is 5.61. The molecule has 1 aromatic rings. The van der Waals surface area contributed by atoms with Gasteiger partial charge in [0.2, 0.25) is 11.8 Å². The van der Waals surface area contributed by atoms with Gasteiger partial charge in [-0.25, -0.2) is 15.0 Å². The zero-order valence-corrected chi connectivity index (χ0v) is 11.9. The van der Waals surface area contributed by atoms with E-state index in [2.05, 4.69) is 28.8 Å². The number of rotatable bonds is 4. The Hall–Kier alpha value is -1.91. The zero-order chi connectivity index (χ0) is 13.9. The number of pyridine rings is 1.